The monoisotopic (exact) mass is 216 g/mol. The van der Waals surface area contributed by atoms with E-state index in [2.05, 4.69) is 0 Å². The lowest BCUT2D eigenvalue weighted by Crippen LogP contribution is -2.27. The lowest BCUT2D eigenvalue weighted by Gasteiger charge is -2.20. The summed E-state index contributed by atoms with van der Waals surface area (Å²) in [5.74, 6) is -0.376. The van der Waals surface area contributed by atoms with Crippen LogP contribution in [0.5, 0.6) is 0 Å². The Kier molecular flexibility index (Phi) is 7.39. The molecule has 0 aliphatic heterocycles. The van der Waals surface area contributed by atoms with Crippen LogP contribution in [0.2, 0.25) is 0 Å². The fourth-order valence-corrected chi connectivity index (χ4v) is 1.50. The summed E-state index contributed by atoms with van der Waals surface area (Å²) in [5.41, 5.74) is 0. The number of aliphatic hydroxyl groups excluding tert-OH is 1. The minimum atomic E-state index is -0.947. The van der Waals surface area contributed by atoms with Gasteiger partial charge in [0, 0.05) is 5.92 Å². The number of rotatable bonds is 7. The van der Waals surface area contributed by atoms with Gasteiger partial charge >= 0.3 is 5.97 Å². The molecule has 0 fully saturated rings. The largest absolute Gasteiger partial charge is 0.435 e. The second kappa shape index (κ2) is 7.69. The highest BCUT2D eigenvalue weighted by Gasteiger charge is 2.21. The first-order chi connectivity index (χ1) is 7.02. The van der Waals surface area contributed by atoms with Crippen LogP contribution >= 0.6 is 0 Å². The molecule has 2 unspecified atom stereocenters. The Hall–Kier alpha value is -0.570. The molecular weight excluding hydrogens is 192 g/mol. The van der Waals surface area contributed by atoms with Gasteiger partial charge in [-0.1, -0.05) is 40.5 Å². The molecule has 0 radical (unpaired) electrons. The average Bonchev–Trinajstić information content (AvgIpc) is 2.18. The highest BCUT2D eigenvalue weighted by atomic mass is 16.6. The normalized spacial score (nSPS) is 16.9. The van der Waals surface area contributed by atoms with E-state index in [-0.39, 0.29) is 17.8 Å². The summed E-state index contributed by atoms with van der Waals surface area (Å²) in [6, 6.07) is 0. The van der Waals surface area contributed by atoms with Gasteiger partial charge in [-0.15, -0.1) is 0 Å². The van der Waals surface area contributed by atoms with Crippen LogP contribution in [0.15, 0.2) is 0 Å². The van der Waals surface area contributed by atoms with Crippen molar-refractivity contribution in [3.63, 3.8) is 0 Å². The van der Waals surface area contributed by atoms with E-state index in [4.69, 9.17) is 4.74 Å². The molecule has 0 saturated carbocycles. The minimum absolute atomic E-state index is 0.0211. The molecule has 0 aromatic rings. The summed E-state index contributed by atoms with van der Waals surface area (Å²) in [6.07, 6.45) is 2.68. The highest BCUT2D eigenvalue weighted by molar-refractivity contribution is 5.72. The lowest BCUT2D eigenvalue weighted by atomic mass is 10.0. The van der Waals surface area contributed by atoms with E-state index in [1.165, 1.54) is 0 Å². The zero-order valence-corrected chi connectivity index (χ0v) is 10.3. The minimum Gasteiger partial charge on any atom is -0.435 e. The summed E-state index contributed by atoms with van der Waals surface area (Å²) in [5, 5.41) is 9.59. The molecular formula is C12H24O3. The van der Waals surface area contributed by atoms with E-state index < -0.39 is 6.29 Å². The molecule has 3 atom stereocenters. The highest BCUT2D eigenvalue weighted by Crippen LogP contribution is 2.15. The fraction of sp³-hybridized carbons (Fsp3) is 0.917. The second-order valence-electron chi connectivity index (χ2n) is 4.28. The molecule has 0 rings (SSSR count). The van der Waals surface area contributed by atoms with Crippen LogP contribution < -0.4 is 0 Å². The van der Waals surface area contributed by atoms with Crippen molar-refractivity contribution in [1.82, 2.24) is 0 Å². The van der Waals surface area contributed by atoms with Gasteiger partial charge in [0.2, 0.25) is 6.29 Å². The number of esters is 1. The predicted molar refractivity (Wildman–Crippen MR) is 60.2 cm³/mol. The Morgan fingerprint density at radius 2 is 1.73 bits per heavy atom. The summed E-state index contributed by atoms with van der Waals surface area (Å²) < 4.78 is 5.00. The van der Waals surface area contributed by atoms with Gasteiger partial charge in [-0.25, -0.2) is 0 Å². The van der Waals surface area contributed by atoms with E-state index in [0.29, 0.717) is 0 Å². The zero-order valence-electron chi connectivity index (χ0n) is 10.3. The van der Waals surface area contributed by atoms with Crippen molar-refractivity contribution >= 4 is 5.97 Å². The number of hydrogen-bond acceptors (Lipinski definition) is 3. The first-order valence-electron chi connectivity index (χ1n) is 5.91. The van der Waals surface area contributed by atoms with Crippen molar-refractivity contribution < 1.29 is 14.6 Å². The van der Waals surface area contributed by atoms with E-state index >= 15 is 0 Å². The molecule has 0 aliphatic carbocycles. The molecule has 0 aromatic carbocycles. The maximum atomic E-state index is 11.5. The van der Waals surface area contributed by atoms with Gasteiger partial charge in [-0.05, 0) is 12.8 Å². The number of carbonyl (C=O) groups excluding carboxylic acids is 1. The van der Waals surface area contributed by atoms with E-state index in [1.807, 2.05) is 27.7 Å². The molecule has 1 N–H and O–H groups in total. The van der Waals surface area contributed by atoms with Crippen molar-refractivity contribution in [3.8, 4) is 0 Å². The molecule has 0 aliphatic rings. The summed E-state index contributed by atoms with van der Waals surface area (Å²) in [7, 11) is 0. The van der Waals surface area contributed by atoms with Gasteiger partial charge in [0.1, 0.15) is 0 Å². The Labute approximate surface area is 92.8 Å². The molecule has 0 amide bonds. The van der Waals surface area contributed by atoms with Crippen LogP contribution in [0.4, 0.5) is 0 Å². The van der Waals surface area contributed by atoms with Crippen molar-refractivity contribution in [1.29, 1.82) is 0 Å². The topological polar surface area (TPSA) is 46.5 Å². The van der Waals surface area contributed by atoms with Crippen molar-refractivity contribution in [2.75, 3.05) is 0 Å². The van der Waals surface area contributed by atoms with Gasteiger partial charge in [-0.2, -0.15) is 0 Å². The smallest absolute Gasteiger partial charge is 0.310 e. The van der Waals surface area contributed by atoms with Crippen molar-refractivity contribution in [2.45, 2.75) is 59.7 Å². The Morgan fingerprint density at radius 3 is 2.20 bits per heavy atom. The third-order valence-electron chi connectivity index (χ3n) is 2.59. The molecule has 0 bridgehead atoms. The molecule has 3 nitrogen and oxygen atoms in total. The van der Waals surface area contributed by atoms with Gasteiger partial charge in [0.15, 0.2) is 0 Å². The SMILES string of the molecule is CCCC(C)C(=O)O[C@H](O)C(C)CCC. The third-order valence-corrected chi connectivity index (χ3v) is 2.59. The van der Waals surface area contributed by atoms with Crippen molar-refractivity contribution in [3.05, 3.63) is 0 Å². The quantitative estimate of drug-likeness (QED) is 0.526. The van der Waals surface area contributed by atoms with E-state index in [0.717, 1.165) is 25.7 Å². The molecule has 90 valence electrons. The maximum absolute atomic E-state index is 11.5. The third kappa shape index (κ3) is 5.78. The summed E-state index contributed by atoms with van der Waals surface area (Å²) in [6.45, 7) is 7.81. The molecule has 0 spiro atoms. The number of aliphatic hydroxyl groups is 1. The lowest BCUT2D eigenvalue weighted by molar-refractivity contribution is -0.180. The van der Waals surface area contributed by atoms with Gasteiger partial charge in [-0.3, -0.25) is 4.79 Å². The van der Waals surface area contributed by atoms with Crippen LogP contribution in [0.25, 0.3) is 0 Å². The predicted octanol–water partition coefficient (Wildman–Crippen LogP) is 2.72. The molecule has 15 heavy (non-hydrogen) atoms. The van der Waals surface area contributed by atoms with E-state index in [9.17, 15) is 9.90 Å². The second-order valence-corrected chi connectivity index (χ2v) is 4.28. The van der Waals surface area contributed by atoms with Crippen LogP contribution in [0.1, 0.15) is 53.4 Å². The summed E-state index contributed by atoms with van der Waals surface area (Å²) in [4.78, 5) is 11.5. The Bertz CT molecular complexity index is 180. The fourth-order valence-electron chi connectivity index (χ4n) is 1.50. The zero-order chi connectivity index (χ0) is 11.8. The molecule has 0 heterocycles. The number of ether oxygens (including phenoxy) is 1. The summed E-state index contributed by atoms with van der Waals surface area (Å²) >= 11 is 0. The first-order valence-corrected chi connectivity index (χ1v) is 5.91. The standard InChI is InChI=1S/C12H24O3/c1-5-7-9(3)11(13)15-12(14)10(4)8-6-2/h9-11,13H,5-8H2,1-4H3/t9?,10?,11-/m0/s1. The van der Waals surface area contributed by atoms with Gasteiger partial charge in [0.05, 0.1) is 5.92 Å². The van der Waals surface area contributed by atoms with Crippen LogP contribution in [0.3, 0.4) is 0 Å². The van der Waals surface area contributed by atoms with Crippen molar-refractivity contribution in [2.24, 2.45) is 11.8 Å². The van der Waals surface area contributed by atoms with Crippen LogP contribution in [0, 0.1) is 11.8 Å². The number of hydrogen-bond donors (Lipinski definition) is 1. The van der Waals surface area contributed by atoms with Gasteiger partial charge < -0.3 is 9.84 Å². The van der Waals surface area contributed by atoms with E-state index in [1.54, 1.807) is 0 Å². The average molecular weight is 216 g/mol. The maximum Gasteiger partial charge on any atom is 0.310 e. The van der Waals surface area contributed by atoms with Crippen LogP contribution in [-0.4, -0.2) is 17.4 Å². The Balaban J connectivity index is 3.94. The van der Waals surface area contributed by atoms with Crippen LogP contribution in [-0.2, 0) is 9.53 Å². The molecule has 0 saturated heterocycles. The Morgan fingerprint density at radius 1 is 1.20 bits per heavy atom. The molecule has 0 aromatic heterocycles. The molecule has 3 heteroatoms. The number of carbonyl (C=O) groups is 1. The first kappa shape index (κ1) is 14.4. The van der Waals surface area contributed by atoms with Gasteiger partial charge in [0.25, 0.3) is 0 Å².